The Morgan fingerprint density at radius 2 is 2.12 bits per heavy atom. The highest BCUT2D eigenvalue weighted by Gasteiger charge is 2.00. The second-order valence-electron chi connectivity index (χ2n) is 3.55. The Morgan fingerprint density at radius 1 is 1.41 bits per heavy atom. The molecule has 1 rings (SSSR count). The molecule has 92 valence electrons. The van der Waals surface area contributed by atoms with Crippen molar-refractivity contribution in [3.8, 4) is 0 Å². The second kappa shape index (κ2) is 7.57. The maximum atomic E-state index is 12.6. The van der Waals surface area contributed by atoms with E-state index < -0.39 is 0 Å². The zero-order chi connectivity index (χ0) is 12.5. The third-order valence-electron chi connectivity index (χ3n) is 2.09. The van der Waals surface area contributed by atoms with Crippen LogP contribution in [0.15, 0.2) is 36.9 Å². The van der Waals surface area contributed by atoms with E-state index in [-0.39, 0.29) is 18.3 Å². The molecule has 1 aromatic rings. The lowest BCUT2D eigenvalue weighted by Crippen LogP contribution is -2.28. The second-order valence-corrected chi connectivity index (χ2v) is 3.55. The summed E-state index contributed by atoms with van der Waals surface area (Å²) in [5.41, 5.74) is 0.838. The van der Waals surface area contributed by atoms with E-state index in [1.807, 2.05) is 0 Å². The SMILES string of the molecule is C=CCCNC(=O)COCc1ccc(F)cc1. The minimum atomic E-state index is -0.282. The van der Waals surface area contributed by atoms with Crippen LogP contribution in [-0.2, 0) is 16.1 Å². The van der Waals surface area contributed by atoms with Crippen molar-refractivity contribution in [2.75, 3.05) is 13.2 Å². The summed E-state index contributed by atoms with van der Waals surface area (Å²) in [5, 5.41) is 2.68. The van der Waals surface area contributed by atoms with Gasteiger partial charge in [0, 0.05) is 6.54 Å². The summed E-state index contributed by atoms with van der Waals surface area (Å²) >= 11 is 0. The van der Waals surface area contributed by atoms with Crippen LogP contribution >= 0.6 is 0 Å². The van der Waals surface area contributed by atoms with E-state index in [1.165, 1.54) is 12.1 Å². The van der Waals surface area contributed by atoms with E-state index in [0.717, 1.165) is 12.0 Å². The average Bonchev–Trinajstić information content (AvgIpc) is 2.32. The molecule has 0 aromatic heterocycles. The first-order chi connectivity index (χ1) is 8.22. The molecule has 1 N–H and O–H groups in total. The van der Waals surface area contributed by atoms with Gasteiger partial charge in [-0.25, -0.2) is 4.39 Å². The fraction of sp³-hybridized carbons (Fsp3) is 0.308. The van der Waals surface area contributed by atoms with Crippen LogP contribution in [0.3, 0.4) is 0 Å². The summed E-state index contributed by atoms with van der Waals surface area (Å²) in [4.78, 5) is 11.2. The Kier molecular flexibility index (Phi) is 5.96. The molecule has 0 saturated carbocycles. The summed E-state index contributed by atoms with van der Waals surface area (Å²) in [6.45, 7) is 4.43. The number of hydrogen-bond acceptors (Lipinski definition) is 2. The number of halogens is 1. The van der Waals surface area contributed by atoms with Gasteiger partial charge in [-0.3, -0.25) is 4.79 Å². The zero-order valence-electron chi connectivity index (χ0n) is 9.62. The van der Waals surface area contributed by atoms with Gasteiger partial charge >= 0.3 is 0 Å². The van der Waals surface area contributed by atoms with E-state index in [2.05, 4.69) is 11.9 Å². The highest BCUT2D eigenvalue weighted by atomic mass is 19.1. The largest absolute Gasteiger partial charge is 0.367 e. The number of rotatable bonds is 7. The highest BCUT2D eigenvalue weighted by molar-refractivity contribution is 5.77. The number of carbonyl (C=O) groups excluding carboxylic acids is 1. The lowest BCUT2D eigenvalue weighted by Gasteiger charge is -2.05. The lowest BCUT2D eigenvalue weighted by atomic mass is 10.2. The van der Waals surface area contributed by atoms with E-state index in [9.17, 15) is 9.18 Å². The van der Waals surface area contributed by atoms with Crippen molar-refractivity contribution in [2.24, 2.45) is 0 Å². The average molecular weight is 237 g/mol. The maximum Gasteiger partial charge on any atom is 0.246 e. The number of hydrogen-bond donors (Lipinski definition) is 1. The molecule has 1 aromatic carbocycles. The summed E-state index contributed by atoms with van der Waals surface area (Å²) in [7, 11) is 0. The third-order valence-corrected chi connectivity index (χ3v) is 2.09. The Hall–Kier alpha value is -1.68. The van der Waals surface area contributed by atoms with E-state index >= 15 is 0 Å². The van der Waals surface area contributed by atoms with Gasteiger partial charge in [0.05, 0.1) is 6.61 Å². The van der Waals surface area contributed by atoms with Crippen molar-refractivity contribution in [3.63, 3.8) is 0 Å². The van der Waals surface area contributed by atoms with Crippen molar-refractivity contribution in [1.29, 1.82) is 0 Å². The van der Waals surface area contributed by atoms with Gasteiger partial charge in [-0.1, -0.05) is 18.2 Å². The molecule has 0 aliphatic carbocycles. The molecule has 17 heavy (non-hydrogen) atoms. The van der Waals surface area contributed by atoms with Crippen LogP contribution in [0, 0.1) is 5.82 Å². The molecule has 0 atom stereocenters. The fourth-order valence-electron chi connectivity index (χ4n) is 1.21. The van der Waals surface area contributed by atoms with Crippen molar-refractivity contribution in [1.82, 2.24) is 5.32 Å². The lowest BCUT2D eigenvalue weighted by molar-refractivity contribution is -0.126. The number of amides is 1. The molecule has 4 heteroatoms. The van der Waals surface area contributed by atoms with Gasteiger partial charge in [-0.2, -0.15) is 0 Å². The zero-order valence-corrected chi connectivity index (χ0v) is 9.62. The van der Waals surface area contributed by atoms with Crippen LogP contribution < -0.4 is 5.32 Å². The first-order valence-electron chi connectivity index (χ1n) is 5.42. The molecular formula is C13H16FNO2. The Morgan fingerprint density at radius 3 is 2.76 bits per heavy atom. The highest BCUT2D eigenvalue weighted by Crippen LogP contribution is 2.03. The predicted molar refractivity (Wildman–Crippen MR) is 63.9 cm³/mol. The molecule has 0 fully saturated rings. The Labute approximate surface area is 100 Å². The first kappa shape index (κ1) is 13.4. The van der Waals surface area contributed by atoms with Gasteiger partial charge in [0.1, 0.15) is 12.4 Å². The smallest absolute Gasteiger partial charge is 0.246 e. The molecule has 0 spiro atoms. The molecule has 0 radical (unpaired) electrons. The third kappa shape index (κ3) is 5.82. The van der Waals surface area contributed by atoms with Crippen LogP contribution in [0.25, 0.3) is 0 Å². The summed E-state index contributed by atoms with van der Waals surface area (Å²) in [6, 6.07) is 5.99. The minimum absolute atomic E-state index is 0.00845. The predicted octanol–water partition coefficient (Wildman–Crippen LogP) is 2.03. The first-order valence-corrected chi connectivity index (χ1v) is 5.42. The summed E-state index contributed by atoms with van der Waals surface area (Å²) in [5.74, 6) is -0.440. The molecule has 0 unspecified atom stereocenters. The quantitative estimate of drug-likeness (QED) is 0.582. The number of carbonyl (C=O) groups is 1. The summed E-state index contributed by atoms with van der Waals surface area (Å²) < 4.78 is 17.8. The van der Waals surface area contributed by atoms with Gasteiger partial charge in [-0.15, -0.1) is 6.58 Å². The number of nitrogens with one attached hydrogen (secondary N) is 1. The van der Waals surface area contributed by atoms with Gasteiger partial charge in [0.15, 0.2) is 0 Å². The van der Waals surface area contributed by atoms with Crippen molar-refractivity contribution < 1.29 is 13.9 Å². The van der Waals surface area contributed by atoms with E-state index in [0.29, 0.717) is 13.2 Å². The van der Waals surface area contributed by atoms with Gasteiger partial charge in [0.2, 0.25) is 5.91 Å². The Bertz CT molecular complexity index is 362. The normalized spacial score (nSPS) is 9.94. The van der Waals surface area contributed by atoms with Crippen LogP contribution in [-0.4, -0.2) is 19.1 Å². The summed E-state index contributed by atoms with van der Waals surface area (Å²) in [6.07, 6.45) is 2.48. The Balaban J connectivity index is 2.16. The van der Waals surface area contributed by atoms with Crippen LogP contribution in [0.4, 0.5) is 4.39 Å². The topological polar surface area (TPSA) is 38.3 Å². The molecular weight excluding hydrogens is 221 g/mol. The van der Waals surface area contributed by atoms with Gasteiger partial charge in [-0.05, 0) is 24.1 Å². The van der Waals surface area contributed by atoms with Gasteiger partial charge < -0.3 is 10.1 Å². The van der Waals surface area contributed by atoms with Crippen LogP contribution in [0.1, 0.15) is 12.0 Å². The van der Waals surface area contributed by atoms with Gasteiger partial charge in [0.25, 0.3) is 0 Å². The number of benzene rings is 1. The van der Waals surface area contributed by atoms with E-state index in [1.54, 1.807) is 18.2 Å². The van der Waals surface area contributed by atoms with Crippen molar-refractivity contribution >= 4 is 5.91 Å². The van der Waals surface area contributed by atoms with Crippen LogP contribution in [0.5, 0.6) is 0 Å². The maximum absolute atomic E-state index is 12.6. The molecule has 3 nitrogen and oxygen atoms in total. The number of ether oxygens (including phenoxy) is 1. The molecule has 0 aliphatic rings. The molecule has 0 heterocycles. The molecule has 0 aliphatic heterocycles. The monoisotopic (exact) mass is 237 g/mol. The van der Waals surface area contributed by atoms with Crippen LogP contribution in [0.2, 0.25) is 0 Å². The standard InChI is InChI=1S/C13H16FNO2/c1-2-3-8-15-13(16)10-17-9-11-4-6-12(14)7-5-11/h2,4-7H,1,3,8-10H2,(H,15,16). The minimum Gasteiger partial charge on any atom is -0.367 e. The van der Waals surface area contributed by atoms with E-state index in [4.69, 9.17) is 4.74 Å². The van der Waals surface area contributed by atoms with Crippen molar-refractivity contribution in [3.05, 3.63) is 48.3 Å². The molecule has 1 amide bonds. The van der Waals surface area contributed by atoms with Crippen molar-refractivity contribution in [2.45, 2.75) is 13.0 Å². The molecule has 0 saturated heterocycles. The molecule has 0 bridgehead atoms. The fourth-order valence-corrected chi connectivity index (χ4v) is 1.21.